The minimum absolute atomic E-state index is 0.0789. The first-order valence-electron chi connectivity index (χ1n) is 9.40. The lowest BCUT2D eigenvalue weighted by molar-refractivity contribution is -0.103. The summed E-state index contributed by atoms with van der Waals surface area (Å²) in [5, 5.41) is 9.76. The fourth-order valence-electron chi connectivity index (χ4n) is 3.29. The smallest absolute Gasteiger partial charge is 0.154 e. The van der Waals surface area contributed by atoms with Gasteiger partial charge in [-0.1, -0.05) is 48.0 Å². The molecule has 0 N–H and O–H groups in total. The van der Waals surface area contributed by atoms with E-state index in [0.29, 0.717) is 16.9 Å². The molecule has 4 nitrogen and oxygen atoms in total. The van der Waals surface area contributed by atoms with Gasteiger partial charge in [0.05, 0.1) is 22.1 Å². The Morgan fingerprint density at radius 1 is 1.11 bits per heavy atom. The van der Waals surface area contributed by atoms with E-state index in [-0.39, 0.29) is 5.92 Å². The van der Waals surface area contributed by atoms with Crippen molar-refractivity contribution in [1.82, 2.24) is 4.31 Å². The first-order chi connectivity index (χ1) is 13.3. The maximum Gasteiger partial charge on any atom is 0.154 e. The normalized spacial score (nSPS) is 21.0. The average molecular weight is 395 g/mol. The highest BCUT2D eigenvalue weighted by atomic mass is 32.2. The molecule has 0 bridgehead atoms. The molecule has 0 amide bonds. The number of allylic oxidation sites excluding steroid dienone is 1. The molecular formula is C23H26N2O2S. The van der Waals surface area contributed by atoms with Gasteiger partial charge in [0.25, 0.3) is 0 Å². The number of rotatable bonds is 4. The Balaban J connectivity index is 2.01. The Kier molecular flexibility index (Phi) is 6.02. The molecule has 0 aliphatic carbocycles. The molecule has 3 rings (SSSR count). The van der Waals surface area contributed by atoms with E-state index in [4.69, 9.17) is 4.74 Å². The standard InChI is InChI=1S/C23H26N2O2S/c1-17-10-12-20(13-11-17)28(26)25-16-19(15-24)21(18-8-6-5-7-9-18)14-22(25)27-23(2,3)4/h5-13,16,21-22H,14H2,1-4H3/t21-,22-,28?/m0/s1. The summed E-state index contributed by atoms with van der Waals surface area (Å²) in [5.74, 6) is -0.0789. The van der Waals surface area contributed by atoms with Crippen LogP contribution < -0.4 is 0 Å². The Bertz CT molecular complexity index is 908. The monoisotopic (exact) mass is 394 g/mol. The van der Waals surface area contributed by atoms with Crippen molar-refractivity contribution in [2.75, 3.05) is 0 Å². The van der Waals surface area contributed by atoms with Crippen molar-refractivity contribution in [2.24, 2.45) is 0 Å². The topological polar surface area (TPSA) is 53.3 Å². The molecule has 1 heterocycles. The Morgan fingerprint density at radius 2 is 1.75 bits per heavy atom. The molecule has 5 heteroatoms. The molecule has 1 unspecified atom stereocenters. The van der Waals surface area contributed by atoms with Crippen molar-refractivity contribution >= 4 is 11.0 Å². The van der Waals surface area contributed by atoms with Crippen LogP contribution in [0, 0.1) is 18.3 Å². The van der Waals surface area contributed by atoms with E-state index in [0.717, 1.165) is 11.1 Å². The van der Waals surface area contributed by atoms with E-state index in [9.17, 15) is 9.47 Å². The predicted molar refractivity (Wildman–Crippen MR) is 112 cm³/mol. The van der Waals surface area contributed by atoms with Gasteiger partial charge in [-0.15, -0.1) is 0 Å². The third-order valence-corrected chi connectivity index (χ3v) is 6.00. The lowest BCUT2D eigenvalue weighted by Crippen LogP contribution is -2.43. The van der Waals surface area contributed by atoms with Crippen LogP contribution in [0.5, 0.6) is 0 Å². The molecule has 0 fully saturated rings. The number of hydrogen-bond donors (Lipinski definition) is 0. The molecule has 0 saturated heterocycles. The highest BCUT2D eigenvalue weighted by molar-refractivity contribution is 7.82. The summed E-state index contributed by atoms with van der Waals surface area (Å²) in [6.45, 7) is 7.96. The van der Waals surface area contributed by atoms with E-state index in [1.807, 2.05) is 82.3 Å². The molecule has 28 heavy (non-hydrogen) atoms. The molecule has 0 aromatic heterocycles. The largest absolute Gasteiger partial charge is 0.352 e. The zero-order chi connectivity index (χ0) is 20.3. The second kappa shape index (κ2) is 8.30. The molecule has 1 aliphatic heterocycles. The summed E-state index contributed by atoms with van der Waals surface area (Å²) < 4.78 is 21.3. The van der Waals surface area contributed by atoms with Crippen molar-refractivity contribution in [3.63, 3.8) is 0 Å². The van der Waals surface area contributed by atoms with Gasteiger partial charge in [0, 0.05) is 18.5 Å². The van der Waals surface area contributed by atoms with E-state index < -0.39 is 22.8 Å². The molecule has 2 aromatic rings. The number of aryl methyl sites for hydroxylation is 1. The minimum atomic E-state index is -1.46. The number of hydrogen-bond acceptors (Lipinski definition) is 3. The lowest BCUT2D eigenvalue weighted by atomic mass is 9.87. The van der Waals surface area contributed by atoms with Crippen LogP contribution in [-0.2, 0) is 15.7 Å². The number of nitrogens with zero attached hydrogens (tertiary/aromatic N) is 2. The maximum absolute atomic E-state index is 13.3. The van der Waals surface area contributed by atoms with Crippen LogP contribution in [-0.4, -0.2) is 20.3 Å². The van der Waals surface area contributed by atoms with Crippen LogP contribution in [0.3, 0.4) is 0 Å². The van der Waals surface area contributed by atoms with Crippen LogP contribution in [0.1, 0.15) is 44.2 Å². The van der Waals surface area contributed by atoms with Crippen LogP contribution in [0.25, 0.3) is 0 Å². The van der Waals surface area contributed by atoms with Gasteiger partial charge < -0.3 is 4.74 Å². The highest BCUT2D eigenvalue weighted by Crippen LogP contribution is 2.38. The van der Waals surface area contributed by atoms with Crippen LogP contribution in [0.2, 0.25) is 0 Å². The van der Waals surface area contributed by atoms with Crippen molar-refractivity contribution in [1.29, 1.82) is 5.26 Å². The maximum atomic E-state index is 13.3. The summed E-state index contributed by atoms with van der Waals surface area (Å²) in [6.07, 6.45) is 1.88. The third kappa shape index (κ3) is 4.70. The third-order valence-electron chi connectivity index (χ3n) is 4.60. The molecule has 0 saturated carbocycles. The first kappa shape index (κ1) is 20.3. The van der Waals surface area contributed by atoms with Gasteiger partial charge in [0.2, 0.25) is 0 Å². The molecule has 1 aliphatic rings. The Hall–Kier alpha value is -2.42. The van der Waals surface area contributed by atoms with Gasteiger partial charge in [-0.2, -0.15) is 5.26 Å². The van der Waals surface area contributed by atoms with Gasteiger partial charge >= 0.3 is 0 Å². The van der Waals surface area contributed by atoms with E-state index >= 15 is 0 Å². The molecule has 0 spiro atoms. The van der Waals surface area contributed by atoms with E-state index in [2.05, 4.69) is 6.07 Å². The zero-order valence-electron chi connectivity index (χ0n) is 16.8. The number of benzene rings is 2. The average Bonchev–Trinajstić information content (AvgIpc) is 2.67. The highest BCUT2D eigenvalue weighted by Gasteiger charge is 2.36. The van der Waals surface area contributed by atoms with Crippen LogP contribution in [0.4, 0.5) is 0 Å². The molecule has 0 radical (unpaired) electrons. The van der Waals surface area contributed by atoms with Crippen molar-refractivity contribution in [3.05, 3.63) is 77.5 Å². The van der Waals surface area contributed by atoms with Gasteiger partial charge in [0.15, 0.2) is 11.0 Å². The van der Waals surface area contributed by atoms with Gasteiger partial charge in [-0.3, -0.25) is 4.31 Å². The molecule has 3 atom stereocenters. The van der Waals surface area contributed by atoms with Crippen molar-refractivity contribution in [2.45, 2.75) is 56.8 Å². The van der Waals surface area contributed by atoms with Gasteiger partial charge in [0.1, 0.15) is 6.23 Å². The summed E-state index contributed by atoms with van der Waals surface area (Å²) in [7, 11) is -1.46. The lowest BCUT2D eigenvalue weighted by Gasteiger charge is -2.39. The minimum Gasteiger partial charge on any atom is -0.352 e. The quantitative estimate of drug-likeness (QED) is 0.729. The zero-order valence-corrected chi connectivity index (χ0v) is 17.6. The van der Waals surface area contributed by atoms with E-state index in [1.165, 1.54) is 0 Å². The molecule has 146 valence electrons. The summed E-state index contributed by atoms with van der Waals surface area (Å²) >= 11 is 0. The number of ether oxygens (including phenoxy) is 1. The molecular weight excluding hydrogens is 368 g/mol. The fraction of sp³-hybridized carbons (Fsp3) is 0.348. The SMILES string of the molecule is Cc1ccc(S(=O)N2C=C(C#N)[C@H](c3ccccc3)C[C@@H]2OC(C)(C)C)cc1. The Labute approximate surface area is 170 Å². The fourth-order valence-corrected chi connectivity index (χ4v) is 4.45. The van der Waals surface area contributed by atoms with Gasteiger partial charge in [-0.05, 0) is 45.4 Å². The van der Waals surface area contributed by atoms with Gasteiger partial charge in [-0.25, -0.2) is 4.21 Å². The van der Waals surface area contributed by atoms with Crippen molar-refractivity contribution < 1.29 is 8.95 Å². The van der Waals surface area contributed by atoms with Crippen LogP contribution in [0.15, 0.2) is 71.3 Å². The van der Waals surface area contributed by atoms with Crippen molar-refractivity contribution in [3.8, 4) is 6.07 Å². The summed E-state index contributed by atoms with van der Waals surface area (Å²) in [5.41, 5.74) is 2.37. The summed E-state index contributed by atoms with van der Waals surface area (Å²) in [6, 6.07) is 19.9. The van der Waals surface area contributed by atoms with E-state index in [1.54, 1.807) is 10.5 Å². The summed E-state index contributed by atoms with van der Waals surface area (Å²) in [4.78, 5) is 0.694. The second-order valence-electron chi connectivity index (χ2n) is 8.00. The Morgan fingerprint density at radius 3 is 2.32 bits per heavy atom. The van der Waals surface area contributed by atoms with Crippen LogP contribution >= 0.6 is 0 Å². The second-order valence-corrected chi connectivity index (χ2v) is 9.39. The first-order valence-corrected chi connectivity index (χ1v) is 10.5. The predicted octanol–water partition coefficient (Wildman–Crippen LogP) is 5.06. The number of nitriles is 1. The molecule has 2 aromatic carbocycles.